The summed E-state index contributed by atoms with van der Waals surface area (Å²) in [5.41, 5.74) is 2.36. The monoisotopic (exact) mass is 300 g/mol. The van der Waals surface area contributed by atoms with Crippen LogP contribution in [0.2, 0.25) is 0 Å². The highest BCUT2D eigenvalue weighted by Crippen LogP contribution is 2.22. The van der Waals surface area contributed by atoms with Crippen LogP contribution in [0.3, 0.4) is 0 Å². The van der Waals surface area contributed by atoms with E-state index < -0.39 is 12.1 Å². The summed E-state index contributed by atoms with van der Waals surface area (Å²) >= 11 is 5.71. The Kier molecular flexibility index (Phi) is 6.53. The molecule has 1 fully saturated rings. The topological polar surface area (TPSA) is 49.4 Å². The first-order valence-corrected chi connectivity index (χ1v) is 7.76. The Morgan fingerprint density at radius 3 is 2.60 bits per heavy atom. The van der Waals surface area contributed by atoms with E-state index in [9.17, 15) is 9.59 Å². The third-order valence-corrected chi connectivity index (χ3v) is 4.24. The largest absolute Gasteiger partial charge is 0.342 e. The summed E-state index contributed by atoms with van der Waals surface area (Å²) < 4.78 is 0. The van der Waals surface area contributed by atoms with Crippen molar-refractivity contribution in [1.82, 2.24) is 10.2 Å². The first-order chi connectivity index (χ1) is 9.46. The Morgan fingerprint density at radius 1 is 1.45 bits per heavy atom. The predicted octanol–water partition coefficient (Wildman–Crippen LogP) is 2.67. The third kappa shape index (κ3) is 3.75. The van der Waals surface area contributed by atoms with Gasteiger partial charge in [0.25, 0.3) is 0 Å². The summed E-state index contributed by atoms with van der Waals surface area (Å²) in [6.07, 6.45) is 2.39. The van der Waals surface area contributed by atoms with E-state index in [0.717, 1.165) is 18.4 Å². The first kappa shape index (κ1) is 17.0. The first-order valence-electron chi connectivity index (χ1n) is 7.32. The van der Waals surface area contributed by atoms with Gasteiger partial charge in [-0.05, 0) is 24.8 Å². The van der Waals surface area contributed by atoms with E-state index in [-0.39, 0.29) is 17.7 Å². The summed E-state index contributed by atoms with van der Waals surface area (Å²) in [7, 11) is 0. The maximum absolute atomic E-state index is 12.6. The molecule has 0 radical (unpaired) electrons. The van der Waals surface area contributed by atoms with Crippen LogP contribution in [-0.2, 0) is 9.59 Å². The molecule has 1 rings (SSSR count). The Morgan fingerprint density at radius 2 is 2.10 bits per heavy atom. The normalized spacial score (nSPS) is 25.6. The molecule has 1 saturated heterocycles. The molecule has 1 N–H and O–H groups in total. The van der Waals surface area contributed by atoms with E-state index in [4.69, 9.17) is 11.6 Å². The number of carbonyl (C=O) groups excluding carboxylic acids is 2. The van der Waals surface area contributed by atoms with Gasteiger partial charge < -0.3 is 10.2 Å². The minimum atomic E-state index is -0.396. The van der Waals surface area contributed by atoms with E-state index in [2.05, 4.69) is 5.32 Å². The molecule has 0 aromatic rings. The van der Waals surface area contributed by atoms with Crippen molar-refractivity contribution in [2.45, 2.75) is 59.0 Å². The van der Waals surface area contributed by atoms with Crippen molar-refractivity contribution in [3.05, 3.63) is 11.1 Å². The number of halogens is 1. The fraction of sp³-hybridized carbons (Fsp3) is 0.733. The minimum Gasteiger partial charge on any atom is -0.342 e. The van der Waals surface area contributed by atoms with Gasteiger partial charge in [-0.3, -0.25) is 9.59 Å². The Labute approximate surface area is 126 Å². The SMILES string of the molecule is CCCC1NC(=O)C(C(C)CC)N(CC(C)=CCl)C1=O. The van der Waals surface area contributed by atoms with Crippen molar-refractivity contribution in [3.63, 3.8) is 0 Å². The van der Waals surface area contributed by atoms with Crippen LogP contribution >= 0.6 is 11.6 Å². The minimum absolute atomic E-state index is 0.00890. The van der Waals surface area contributed by atoms with Gasteiger partial charge in [0.15, 0.2) is 0 Å². The number of rotatable bonds is 6. The van der Waals surface area contributed by atoms with Crippen LogP contribution in [0.25, 0.3) is 0 Å². The molecule has 5 heteroatoms. The van der Waals surface area contributed by atoms with Gasteiger partial charge in [0.05, 0.1) is 0 Å². The van der Waals surface area contributed by atoms with Gasteiger partial charge in [-0.2, -0.15) is 0 Å². The van der Waals surface area contributed by atoms with Gasteiger partial charge in [0.2, 0.25) is 11.8 Å². The molecule has 0 bridgehead atoms. The second-order valence-corrected chi connectivity index (χ2v) is 5.82. The molecule has 0 saturated carbocycles. The number of amides is 2. The van der Waals surface area contributed by atoms with E-state index in [1.165, 1.54) is 5.54 Å². The van der Waals surface area contributed by atoms with Gasteiger partial charge in [0, 0.05) is 12.1 Å². The van der Waals surface area contributed by atoms with Crippen molar-refractivity contribution in [1.29, 1.82) is 0 Å². The lowest BCUT2D eigenvalue weighted by atomic mass is 9.92. The van der Waals surface area contributed by atoms with Crippen LogP contribution < -0.4 is 5.32 Å². The van der Waals surface area contributed by atoms with E-state index in [1.807, 2.05) is 27.7 Å². The molecule has 1 aliphatic rings. The molecule has 0 aromatic carbocycles. The van der Waals surface area contributed by atoms with Crippen LogP contribution in [0.15, 0.2) is 11.1 Å². The average Bonchev–Trinajstić information content (AvgIpc) is 2.43. The van der Waals surface area contributed by atoms with Gasteiger partial charge in [-0.25, -0.2) is 0 Å². The molecule has 20 heavy (non-hydrogen) atoms. The lowest BCUT2D eigenvalue weighted by Gasteiger charge is -2.41. The van der Waals surface area contributed by atoms with E-state index in [1.54, 1.807) is 4.90 Å². The van der Waals surface area contributed by atoms with Crippen LogP contribution in [0.4, 0.5) is 0 Å². The van der Waals surface area contributed by atoms with Gasteiger partial charge in [-0.1, -0.05) is 45.2 Å². The van der Waals surface area contributed by atoms with Crippen LogP contribution in [-0.4, -0.2) is 35.3 Å². The van der Waals surface area contributed by atoms with Crippen molar-refractivity contribution in [2.24, 2.45) is 5.92 Å². The molecule has 0 spiro atoms. The molecule has 4 nitrogen and oxygen atoms in total. The second-order valence-electron chi connectivity index (χ2n) is 5.60. The summed E-state index contributed by atoms with van der Waals surface area (Å²) in [6, 6.07) is -0.789. The smallest absolute Gasteiger partial charge is 0.246 e. The van der Waals surface area contributed by atoms with Crippen LogP contribution in [0.5, 0.6) is 0 Å². The van der Waals surface area contributed by atoms with E-state index >= 15 is 0 Å². The zero-order valence-corrected chi connectivity index (χ0v) is 13.5. The zero-order chi connectivity index (χ0) is 15.3. The molecule has 0 aromatic heterocycles. The lowest BCUT2D eigenvalue weighted by Crippen LogP contribution is -2.65. The maximum Gasteiger partial charge on any atom is 0.246 e. The van der Waals surface area contributed by atoms with Crippen molar-refractivity contribution in [3.8, 4) is 0 Å². The van der Waals surface area contributed by atoms with Crippen LogP contribution in [0.1, 0.15) is 47.0 Å². The summed E-state index contributed by atoms with van der Waals surface area (Å²) in [4.78, 5) is 26.6. The number of piperazine rings is 1. The van der Waals surface area contributed by atoms with Crippen molar-refractivity contribution in [2.75, 3.05) is 6.54 Å². The number of nitrogens with one attached hydrogen (secondary N) is 1. The molecule has 1 heterocycles. The van der Waals surface area contributed by atoms with Crippen molar-refractivity contribution >= 4 is 23.4 Å². The number of nitrogens with zero attached hydrogens (tertiary/aromatic N) is 1. The van der Waals surface area contributed by atoms with Crippen LogP contribution in [0, 0.1) is 5.92 Å². The van der Waals surface area contributed by atoms with E-state index in [0.29, 0.717) is 13.0 Å². The second kappa shape index (κ2) is 7.67. The number of hydrogen-bond acceptors (Lipinski definition) is 2. The number of carbonyl (C=O) groups is 2. The molecular weight excluding hydrogens is 276 g/mol. The molecular formula is C15H25ClN2O2. The fourth-order valence-electron chi connectivity index (χ4n) is 2.55. The molecule has 3 atom stereocenters. The highest BCUT2D eigenvalue weighted by atomic mass is 35.5. The summed E-state index contributed by atoms with van der Waals surface area (Å²) in [5.74, 6) is 0.0963. The maximum atomic E-state index is 12.6. The predicted molar refractivity (Wildman–Crippen MR) is 81.4 cm³/mol. The molecule has 3 unspecified atom stereocenters. The van der Waals surface area contributed by atoms with Gasteiger partial charge in [-0.15, -0.1) is 0 Å². The lowest BCUT2D eigenvalue weighted by molar-refractivity contribution is -0.151. The molecule has 1 aliphatic heterocycles. The standard InChI is InChI=1S/C15H25ClN2O2/c1-5-7-12-15(20)18(9-10(3)8-16)13(11(4)6-2)14(19)17-12/h8,11-13H,5-7,9H2,1-4H3,(H,17,19). The van der Waals surface area contributed by atoms with Gasteiger partial charge in [0.1, 0.15) is 12.1 Å². The summed E-state index contributed by atoms with van der Waals surface area (Å²) in [6.45, 7) is 8.34. The van der Waals surface area contributed by atoms with Crippen molar-refractivity contribution < 1.29 is 9.59 Å². The highest BCUT2D eigenvalue weighted by molar-refractivity contribution is 6.25. The third-order valence-electron chi connectivity index (χ3n) is 3.87. The number of hydrogen-bond donors (Lipinski definition) is 1. The molecule has 114 valence electrons. The molecule has 2 amide bonds. The summed E-state index contributed by atoms with van der Waals surface area (Å²) in [5, 5.41) is 2.87. The Hall–Kier alpha value is -1.03. The highest BCUT2D eigenvalue weighted by Gasteiger charge is 2.41. The zero-order valence-electron chi connectivity index (χ0n) is 12.8. The average molecular weight is 301 g/mol. The molecule has 0 aliphatic carbocycles. The Balaban J connectivity index is 3.03. The fourth-order valence-corrected chi connectivity index (χ4v) is 2.62. The van der Waals surface area contributed by atoms with Gasteiger partial charge >= 0.3 is 0 Å². The quantitative estimate of drug-likeness (QED) is 0.820. The Bertz CT molecular complexity index is 395.